The van der Waals surface area contributed by atoms with E-state index in [1.165, 1.54) is 38.8 Å². The summed E-state index contributed by atoms with van der Waals surface area (Å²) in [7, 11) is 1.73. The van der Waals surface area contributed by atoms with Crippen molar-refractivity contribution in [3.8, 4) is 0 Å². The van der Waals surface area contributed by atoms with Crippen LogP contribution < -0.4 is 16.0 Å². The van der Waals surface area contributed by atoms with E-state index < -0.39 is 0 Å². The Morgan fingerprint density at radius 3 is 2.25 bits per heavy atom. The monoisotopic (exact) mass is 453 g/mol. The number of hydrogen-bond acceptors (Lipinski definition) is 3. The molecule has 1 aliphatic heterocycles. The molecule has 0 aliphatic carbocycles. The van der Waals surface area contributed by atoms with E-state index in [-0.39, 0.29) is 42.0 Å². The molecule has 24 heavy (non-hydrogen) atoms. The number of aliphatic imine (C=N–C) groups is 1. The lowest BCUT2D eigenvalue weighted by Gasteiger charge is -2.21. The molecule has 142 valence electrons. The highest BCUT2D eigenvalue weighted by atomic mass is 127. The fourth-order valence-electron chi connectivity index (χ4n) is 2.72. The average Bonchev–Trinajstić information content (AvgIpc) is 2.73. The summed E-state index contributed by atoms with van der Waals surface area (Å²) in [6.45, 7) is 10.6. The van der Waals surface area contributed by atoms with E-state index in [4.69, 9.17) is 0 Å². The smallest absolute Gasteiger partial charge is 0.239 e. The molecule has 0 saturated carbocycles. The van der Waals surface area contributed by atoms with Crippen LogP contribution in [0.5, 0.6) is 0 Å². The lowest BCUT2D eigenvalue weighted by atomic mass is 10.1. The molecule has 1 saturated heterocycles. The van der Waals surface area contributed by atoms with Gasteiger partial charge in [-0.3, -0.25) is 9.79 Å². The van der Waals surface area contributed by atoms with Crippen LogP contribution in [0.3, 0.4) is 0 Å². The second-order valence-corrected chi connectivity index (χ2v) is 7.26. The van der Waals surface area contributed by atoms with Crippen molar-refractivity contribution in [2.75, 3.05) is 39.8 Å². The first-order chi connectivity index (χ1) is 10.9. The zero-order valence-corrected chi connectivity index (χ0v) is 18.1. The number of likely N-dealkylation sites (tertiary alicyclic amines) is 1. The maximum Gasteiger partial charge on any atom is 0.239 e. The standard InChI is InChI=1S/C17H35N5O.HI/c1-17(2,3)21-15(23)14-20-16(18-4)19-10-9-13-22-11-7-5-6-8-12-22;/h5-14H2,1-4H3,(H,21,23)(H2,18,19,20);1H. The molecule has 1 heterocycles. The number of guanidine groups is 1. The predicted molar refractivity (Wildman–Crippen MR) is 112 cm³/mol. The first kappa shape index (κ1) is 23.4. The Labute approximate surface area is 164 Å². The molecular weight excluding hydrogens is 417 g/mol. The van der Waals surface area contributed by atoms with Crippen LogP contribution in [0.1, 0.15) is 52.9 Å². The number of nitrogens with zero attached hydrogens (tertiary/aromatic N) is 2. The summed E-state index contributed by atoms with van der Waals surface area (Å²) < 4.78 is 0. The highest BCUT2D eigenvalue weighted by Crippen LogP contribution is 2.09. The summed E-state index contributed by atoms with van der Waals surface area (Å²) in [6, 6.07) is 0. The van der Waals surface area contributed by atoms with E-state index in [9.17, 15) is 4.79 Å². The van der Waals surface area contributed by atoms with Crippen molar-refractivity contribution in [2.24, 2.45) is 4.99 Å². The molecule has 1 fully saturated rings. The van der Waals surface area contributed by atoms with Crippen LogP contribution in [-0.2, 0) is 4.79 Å². The van der Waals surface area contributed by atoms with E-state index in [0.29, 0.717) is 5.96 Å². The normalized spacial score (nSPS) is 16.8. The molecule has 0 bridgehead atoms. The van der Waals surface area contributed by atoms with Crippen molar-refractivity contribution in [3.63, 3.8) is 0 Å². The SMILES string of the molecule is CN=C(NCCCN1CCCCCC1)NCC(=O)NC(C)(C)C.I. The van der Waals surface area contributed by atoms with Crippen molar-refractivity contribution in [1.29, 1.82) is 0 Å². The Bertz CT molecular complexity index is 374. The van der Waals surface area contributed by atoms with Gasteiger partial charge in [0.1, 0.15) is 0 Å². The van der Waals surface area contributed by atoms with Crippen molar-refractivity contribution in [2.45, 2.75) is 58.4 Å². The number of carbonyl (C=O) groups is 1. The van der Waals surface area contributed by atoms with Gasteiger partial charge in [-0.2, -0.15) is 0 Å². The number of nitrogens with one attached hydrogen (secondary N) is 3. The average molecular weight is 453 g/mol. The fourth-order valence-corrected chi connectivity index (χ4v) is 2.72. The topological polar surface area (TPSA) is 68.8 Å². The molecule has 6 nitrogen and oxygen atoms in total. The van der Waals surface area contributed by atoms with Gasteiger partial charge < -0.3 is 20.9 Å². The number of amides is 1. The predicted octanol–water partition coefficient (Wildman–Crippen LogP) is 1.95. The molecule has 0 atom stereocenters. The van der Waals surface area contributed by atoms with Gasteiger partial charge >= 0.3 is 0 Å². The molecule has 3 N–H and O–H groups in total. The second-order valence-electron chi connectivity index (χ2n) is 7.26. The Balaban J connectivity index is 0.00000529. The quantitative estimate of drug-likeness (QED) is 0.249. The Morgan fingerprint density at radius 2 is 1.71 bits per heavy atom. The third kappa shape index (κ3) is 11.9. The summed E-state index contributed by atoms with van der Waals surface area (Å²) in [4.78, 5) is 18.5. The maximum atomic E-state index is 11.8. The molecule has 0 aromatic heterocycles. The van der Waals surface area contributed by atoms with Crippen LogP contribution in [0.2, 0.25) is 0 Å². The van der Waals surface area contributed by atoms with Gasteiger partial charge in [-0.25, -0.2) is 0 Å². The van der Waals surface area contributed by atoms with Gasteiger partial charge in [0.25, 0.3) is 0 Å². The van der Waals surface area contributed by atoms with Gasteiger partial charge in [0.05, 0.1) is 6.54 Å². The number of carbonyl (C=O) groups excluding carboxylic acids is 1. The van der Waals surface area contributed by atoms with Crippen molar-refractivity contribution in [3.05, 3.63) is 0 Å². The zero-order valence-electron chi connectivity index (χ0n) is 15.8. The van der Waals surface area contributed by atoms with Crippen molar-refractivity contribution >= 4 is 35.8 Å². The first-order valence-corrected chi connectivity index (χ1v) is 8.88. The molecule has 0 spiro atoms. The van der Waals surface area contributed by atoms with Crippen molar-refractivity contribution in [1.82, 2.24) is 20.9 Å². The molecule has 0 unspecified atom stereocenters. The highest BCUT2D eigenvalue weighted by Gasteiger charge is 2.13. The second kappa shape index (κ2) is 12.7. The van der Waals surface area contributed by atoms with E-state index in [2.05, 4.69) is 25.8 Å². The molecule has 1 aliphatic rings. The van der Waals surface area contributed by atoms with Crippen LogP contribution >= 0.6 is 24.0 Å². The summed E-state index contributed by atoms with van der Waals surface area (Å²) in [5.41, 5.74) is -0.205. The van der Waals surface area contributed by atoms with Gasteiger partial charge in [-0.1, -0.05) is 12.8 Å². The van der Waals surface area contributed by atoms with Crippen LogP contribution in [0.15, 0.2) is 4.99 Å². The lowest BCUT2D eigenvalue weighted by molar-refractivity contribution is -0.121. The van der Waals surface area contributed by atoms with Crippen LogP contribution in [0, 0.1) is 0 Å². The number of halogens is 1. The van der Waals surface area contributed by atoms with Crippen LogP contribution in [0.25, 0.3) is 0 Å². The summed E-state index contributed by atoms with van der Waals surface area (Å²) >= 11 is 0. The van der Waals surface area contributed by atoms with Crippen molar-refractivity contribution < 1.29 is 4.79 Å². The highest BCUT2D eigenvalue weighted by molar-refractivity contribution is 14.0. The maximum absolute atomic E-state index is 11.8. The van der Waals surface area contributed by atoms with Gasteiger partial charge in [0.15, 0.2) is 5.96 Å². The first-order valence-electron chi connectivity index (χ1n) is 8.88. The van der Waals surface area contributed by atoms with E-state index in [1.807, 2.05) is 20.8 Å². The Kier molecular flexibility index (Phi) is 12.4. The molecule has 0 radical (unpaired) electrons. The minimum atomic E-state index is -0.205. The molecule has 1 amide bonds. The number of rotatable bonds is 6. The third-order valence-electron chi connectivity index (χ3n) is 3.80. The Hall–Kier alpha value is -0.570. The van der Waals surface area contributed by atoms with Gasteiger partial charge in [-0.15, -0.1) is 24.0 Å². The van der Waals surface area contributed by atoms with E-state index >= 15 is 0 Å². The summed E-state index contributed by atoms with van der Waals surface area (Å²) in [5, 5.41) is 9.25. The largest absolute Gasteiger partial charge is 0.356 e. The Morgan fingerprint density at radius 1 is 1.08 bits per heavy atom. The molecule has 1 rings (SSSR count). The van der Waals surface area contributed by atoms with Crippen LogP contribution in [-0.4, -0.2) is 62.1 Å². The summed E-state index contributed by atoms with van der Waals surface area (Å²) in [6.07, 6.45) is 6.51. The minimum absolute atomic E-state index is 0. The third-order valence-corrected chi connectivity index (χ3v) is 3.80. The molecule has 0 aromatic rings. The van der Waals surface area contributed by atoms with Gasteiger partial charge in [0, 0.05) is 19.1 Å². The number of hydrogen-bond donors (Lipinski definition) is 3. The fraction of sp³-hybridized carbons (Fsp3) is 0.882. The molecule has 0 aromatic carbocycles. The summed E-state index contributed by atoms with van der Waals surface area (Å²) in [5.74, 6) is 0.662. The molecular formula is C17H36IN5O. The van der Waals surface area contributed by atoms with Gasteiger partial charge in [0.2, 0.25) is 5.91 Å². The zero-order chi connectivity index (χ0) is 17.1. The molecule has 7 heteroatoms. The minimum Gasteiger partial charge on any atom is -0.356 e. The lowest BCUT2D eigenvalue weighted by Crippen LogP contribution is -2.48. The van der Waals surface area contributed by atoms with Crippen LogP contribution in [0.4, 0.5) is 0 Å². The van der Waals surface area contributed by atoms with E-state index in [1.54, 1.807) is 7.05 Å². The van der Waals surface area contributed by atoms with Gasteiger partial charge in [-0.05, 0) is 59.7 Å². The van der Waals surface area contributed by atoms with E-state index in [0.717, 1.165) is 19.5 Å².